The zero-order chi connectivity index (χ0) is 13.8. The Bertz CT molecular complexity index is 428. The highest BCUT2D eigenvalue weighted by Crippen LogP contribution is 2.27. The van der Waals surface area contributed by atoms with Gasteiger partial charge >= 0.3 is 0 Å². The van der Waals surface area contributed by atoms with Crippen molar-refractivity contribution in [2.24, 2.45) is 0 Å². The lowest BCUT2D eigenvalue weighted by molar-refractivity contribution is -0.0265. The Hall–Kier alpha value is -0.780. The van der Waals surface area contributed by atoms with Gasteiger partial charge in [-0.15, -0.1) is 11.8 Å². The minimum Gasteiger partial charge on any atom is -0.398 e. The molecule has 5 heteroatoms. The van der Waals surface area contributed by atoms with Crippen LogP contribution in [0.3, 0.4) is 0 Å². The minimum absolute atomic E-state index is 0.184. The van der Waals surface area contributed by atoms with E-state index in [1.165, 1.54) is 12.1 Å². The van der Waals surface area contributed by atoms with Crippen LogP contribution in [-0.2, 0) is 4.74 Å². The summed E-state index contributed by atoms with van der Waals surface area (Å²) >= 11 is 1.56. The zero-order valence-electron chi connectivity index (χ0n) is 11.4. The fourth-order valence-corrected chi connectivity index (χ4v) is 3.13. The fourth-order valence-electron chi connectivity index (χ4n) is 2.13. The summed E-state index contributed by atoms with van der Waals surface area (Å²) < 4.78 is 18.9. The molecule has 1 unspecified atom stereocenters. The summed E-state index contributed by atoms with van der Waals surface area (Å²) in [5, 5.41) is 0. The smallest absolute Gasteiger partial charge is 0.124 e. The van der Waals surface area contributed by atoms with Gasteiger partial charge in [-0.3, -0.25) is 4.90 Å². The first-order chi connectivity index (χ1) is 9.06. The van der Waals surface area contributed by atoms with Gasteiger partial charge in [0.1, 0.15) is 5.82 Å². The van der Waals surface area contributed by atoms with Crippen molar-refractivity contribution in [1.29, 1.82) is 0 Å². The van der Waals surface area contributed by atoms with Crippen LogP contribution in [0.1, 0.15) is 13.8 Å². The lowest BCUT2D eigenvalue weighted by atomic mass is 10.2. The second kappa shape index (κ2) is 6.59. The molecule has 3 nitrogen and oxygen atoms in total. The summed E-state index contributed by atoms with van der Waals surface area (Å²) in [4.78, 5) is 3.20. The predicted molar refractivity (Wildman–Crippen MR) is 78.0 cm³/mol. The van der Waals surface area contributed by atoms with Gasteiger partial charge in [0, 0.05) is 35.5 Å². The van der Waals surface area contributed by atoms with E-state index in [2.05, 4.69) is 18.7 Å². The third kappa shape index (κ3) is 4.09. The molecule has 1 aliphatic rings. The fraction of sp³-hybridized carbons (Fsp3) is 0.571. The van der Waals surface area contributed by atoms with Crippen molar-refractivity contribution in [3.05, 3.63) is 24.0 Å². The molecule has 0 saturated carbocycles. The Kier molecular flexibility index (Phi) is 5.07. The van der Waals surface area contributed by atoms with Crippen LogP contribution in [0.2, 0.25) is 0 Å². The van der Waals surface area contributed by atoms with E-state index in [1.807, 2.05) is 0 Å². The van der Waals surface area contributed by atoms with Crippen molar-refractivity contribution in [3.8, 4) is 0 Å². The van der Waals surface area contributed by atoms with E-state index in [0.29, 0.717) is 11.7 Å². The molecule has 1 fully saturated rings. The number of hydrogen-bond donors (Lipinski definition) is 1. The zero-order valence-corrected chi connectivity index (χ0v) is 12.3. The van der Waals surface area contributed by atoms with Gasteiger partial charge in [0.25, 0.3) is 0 Å². The maximum atomic E-state index is 13.2. The third-order valence-electron chi connectivity index (χ3n) is 3.30. The SMILES string of the molecule is CC(C)N1CCOC(CSc2cc(F)ccc2N)C1. The van der Waals surface area contributed by atoms with Crippen LogP contribution in [0, 0.1) is 5.82 Å². The Morgan fingerprint density at radius 3 is 3.05 bits per heavy atom. The number of thioether (sulfide) groups is 1. The van der Waals surface area contributed by atoms with Crippen molar-refractivity contribution in [2.45, 2.75) is 30.9 Å². The highest BCUT2D eigenvalue weighted by molar-refractivity contribution is 7.99. The average Bonchev–Trinajstić information content (AvgIpc) is 2.40. The highest BCUT2D eigenvalue weighted by Gasteiger charge is 2.22. The lowest BCUT2D eigenvalue weighted by Crippen LogP contribution is -2.46. The summed E-state index contributed by atoms with van der Waals surface area (Å²) in [6, 6.07) is 5.02. The third-order valence-corrected chi connectivity index (χ3v) is 4.50. The first-order valence-electron chi connectivity index (χ1n) is 6.59. The van der Waals surface area contributed by atoms with E-state index < -0.39 is 0 Å². The van der Waals surface area contributed by atoms with Gasteiger partial charge in [-0.25, -0.2) is 4.39 Å². The highest BCUT2D eigenvalue weighted by atomic mass is 32.2. The Balaban J connectivity index is 1.89. The molecule has 1 saturated heterocycles. The van der Waals surface area contributed by atoms with E-state index in [-0.39, 0.29) is 11.9 Å². The van der Waals surface area contributed by atoms with E-state index in [1.54, 1.807) is 17.8 Å². The van der Waals surface area contributed by atoms with E-state index >= 15 is 0 Å². The molecular formula is C14H21FN2OS. The molecule has 0 aromatic heterocycles. The number of nitrogens with two attached hydrogens (primary N) is 1. The number of hydrogen-bond acceptors (Lipinski definition) is 4. The largest absolute Gasteiger partial charge is 0.398 e. The molecule has 0 bridgehead atoms. The second-order valence-electron chi connectivity index (χ2n) is 5.07. The van der Waals surface area contributed by atoms with Crippen LogP contribution in [0.4, 0.5) is 10.1 Å². The van der Waals surface area contributed by atoms with Crippen LogP contribution in [0.15, 0.2) is 23.1 Å². The van der Waals surface area contributed by atoms with Crippen molar-refractivity contribution < 1.29 is 9.13 Å². The van der Waals surface area contributed by atoms with E-state index in [9.17, 15) is 4.39 Å². The maximum absolute atomic E-state index is 13.2. The average molecular weight is 284 g/mol. The summed E-state index contributed by atoms with van der Waals surface area (Å²) in [5.74, 6) is 0.557. The molecule has 19 heavy (non-hydrogen) atoms. The number of anilines is 1. The molecule has 1 heterocycles. The molecule has 1 aliphatic heterocycles. The summed E-state index contributed by atoms with van der Waals surface area (Å²) in [6.45, 7) is 7.07. The van der Waals surface area contributed by atoms with E-state index in [0.717, 1.165) is 30.3 Å². The van der Waals surface area contributed by atoms with Crippen LogP contribution in [0.5, 0.6) is 0 Å². The number of halogens is 1. The minimum atomic E-state index is -0.245. The molecule has 0 spiro atoms. The molecule has 1 atom stereocenters. The van der Waals surface area contributed by atoms with Crippen LogP contribution in [-0.4, -0.2) is 42.5 Å². The summed E-state index contributed by atoms with van der Waals surface area (Å²) in [7, 11) is 0. The summed E-state index contributed by atoms with van der Waals surface area (Å²) in [5.41, 5.74) is 6.47. The van der Waals surface area contributed by atoms with Crippen molar-refractivity contribution in [1.82, 2.24) is 4.90 Å². The molecule has 1 aromatic rings. The lowest BCUT2D eigenvalue weighted by Gasteiger charge is -2.35. The molecule has 0 radical (unpaired) electrons. The molecule has 2 rings (SSSR count). The molecule has 2 N–H and O–H groups in total. The number of ether oxygens (including phenoxy) is 1. The van der Waals surface area contributed by atoms with Crippen molar-refractivity contribution >= 4 is 17.4 Å². The summed E-state index contributed by atoms with van der Waals surface area (Å²) in [6.07, 6.45) is 0.184. The topological polar surface area (TPSA) is 38.5 Å². The van der Waals surface area contributed by atoms with Crippen LogP contribution in [0.25, 0.3) is 0 Å². The molecule has 0 amide bonds. The van der Waals surface area contributed by atoms with Crippen molar-refractivity contribution in [3.63, 3.8) is 0 Å². The predicted octanol–water partition coefficient (Wildman–Crippen LogP) is 2.61. The van der Waals surface area contributed by atoms with Gasteiger partial charge < -0.3 is 10.5 Å². The van der Waals surface area contributed by atoms with Gasteiger partial charge in [-0.05, 0) is 32.0 Å². The number of nitrogen functional groups attached to an aromatic ring is 1. The first kappa shape index (κ1) is 14.6. The number of nitrogens with zero attached hydrogens (tertiary/aromatic N) is 1. The maximum Gasteiger partial charge on any atom is 0.124 e. The Morgan fingerprint density at radius 2 is 2.32 bits per heavy atom. The second-order valence-corrected chi connectivity index (χ2v) is 6.14. The van der Waals surface area contributed by atoms with Gasteiger partial charge in [0.15, 0.2) is 0 Å². The van der Waals surface area contributed by atoms with E-state index in [4.69, 9.17) is 10.5 Å². The molecule has 1 aromatic carbocycles. The van der Waals surface area contributed by atoms with Gasteiger partial charge in [-0.1, -0.05) is 0 Å². The first-order valence-corrected chi connectivity index (χ1v) is 7.58. The normalized spacial score (nSPS) is 20.9. The Labute approximate surface area is 118 Å². The van der Waals surface area contributed by atoms with Crippen molar-refractivity contribution in [2.75, 3.05) is 31.2 Å². The van der Waals surface area contributed by atoms with Gasteiger partial charge in [0.2, 0.25) is 0 Å². The Morgan fingerprint density at radius 1 is 1.53 bits per heavy atom. The quantitative estimate of drug-likeness (QED) is 0.681. The number of benzene rings is 1. The van der Waals surface area contributed by atoms with Crippen LogP contribution >= 0.6 is 11.8 Å². The molecule has 106 valence electrons. The number of rotatable bonds is 4. The van der Waals surface area contributed by atoms with Gasteiger partial charge in [0.05, 0.1) is 12.7 Å². The van der Waals surface area contributed by atoms with Gasteiger partial charge in [-0.2, -0.15) is 0 Å². The monoisotopic (exact) mass is 284 g/mol. The molecular weight excluding hydrogens is 263 g/mol. The van der Waals surface area contributed by atoms with Crippen LogP contribution < -0.4 is 5.73 Å². The standard InChI is InChI=1S/C14H21FN2OS/c1-10(2)17-5-6-18-12(8-17)9-19-14-7-11(15)3-4-13(14)16/h3-4,7,10,12H,5-6,8-9,16H2,1-2H3. The number of morpholine rings is 1. The molecule has 0 aliphatic carbocycles.